The lowest BCUT2D eigenvalue weighted by Crippen LogP contribution is -2.22. The van der Waals surface area contributed by atoms with Gasteiger partial charge in [-0.15, -0.1) is 0 Å². The molecule has 0 heterocycles. The van der Waals surface area contributed by atoms with Crippen LogP contribution in [-0.2, 0) is 11.3 Å². The van der Waals surface area contributed by atoms with Gasteiger partial charge in [0.25, 0.3) is 0 Å². The van der Waals surface area contributed by atoms with Crippen molar-refractivity contribution in [2.24, 2.45) is 0 Å². The van der Waals surface area contributed by atoms with Crippen LogP contribution in [0, 0.1) is 0 Å². The van der Waals surface area contributed by atoms with Gasteiger partial charge in [0, 0.05) is 13.0 Å². The third-order valence-corrected chi connectivity index (χ3v) is 2.59. The molecule has 0 spiro atoms. The zero-order valence-electron chi connectivity index (χ0n) is 10.0. The van der Waals surface area contributed by atoms with Gasteiger partial charge in [0.1, 0.15) is 0 Å². The van der Waals surface area contributed by atoms with E-state index in [1.54, 1.807) is 0 Å². The van der Waals surface area contributed by atoms with Gasteiger partial charge in [-0.3, -0.25) is 4.79 Å². The minimum atomic E-state index is 0.167. The molecule has 0 atom stereocenters. The largest absolute Gasteiger partial charge is 0.352 e. The fraction of sp³-hybridized carbons (Fsp3) is 0.500. The Morgan fingerprint density at radius 1 is 1.12 bits per heavy atom. The molecular weight excluding hydrogens is 198 g/mol. The van der Waals surface area contributed by atoms with E-state index in [1.807, 2.05) is 30.3 Å². The van der Waals surface area contributed by atoms with Gasteiger partial charge in [0.05, 0.1) is 0 Å². The van der Waals surface area contributed by atoms with Crippen LogP contribution in [0.2, 0.25) is 0 Å². The molecule has 0 saturated carbocycles. The van der Waals surface area contributed by atoms with Crippen LogP contribution in [-0.4, -0.2) is 5.91 Å². The summed E-state index contributed by atoms with van der Waals surface area (Å²) in [4.78, 5) is 11.5. The van der Waals surface area contributed by atoms with Gasteiger partial charge < -0.3 is 5.32 Å². The predicted molar refractivity (Wildman–Crippen MR) is 67.0 cm³/mol. The number of benzene rings is 1. The molecule has 1 amide bonds. The summed E-state index contributed by atoms with van der Waals surface area (Å²) in [6.45, 7) is 2.82. The molecule has 88 valence electrons. The molecule has 16 heavy (non-hydrogen) atoms. The molecule has 0 aliphatic rings. The molecule has 1 N–H and O–H groups in total. The highest BCUT2D eigenvalue weighted by Crippen LogP contribution is 2.03. The first-order valence-corrected chi connectivity index (χ1v) is 6.13. The third kappa shape index (κ3) is 5.54. The lowest BCUT2D eigenvalue weighted by molar-refractivity contribution is -0.121. The van der Waals surface area contributed by atoms with E-state index in [4.69, 9.17) is 0 Å². The second-order valence-corrected chi connectivity index (χ2v) is 4.07. The molecular formula is C14H21NO. The van der Waals surface area contributed by atoms with Crippen molar-refractivity contribution in [3.05, 3.63) is 35.9 Å². The van der Waals surface area contributed by atoms with Crippen molar-refractivity contribution < 1.29 is 4.79 Å². The first-order chi connectivity index (χ1) is 7.83. The topological polar surface area (TPSA) is 29.1 Å². The second kappa shape index (κ2) is 7.91. The standard InChI is InChI=1S/C14H21NO/c1-2-3-4-8-11-14(16)15-12-13-9-6-5-7-10-13/h5-7,9-10H,2-4,8,11-12H2,1H3,(H,15,16). The number of nitrogens with one attached hydrogen (secondary N) is 1. The van der Waals surface area contributed by atoms with Gasteiger partial charge in [-0.05, 0) is 12.0 Å². The molecule has 0 bridgehead atoms. The summed E-state index contributed by atoms with van der Waals surface area (Å²) in [5.41, 5.74) is 1.16. The van der Waals surface area contributed by atoms with Crippen LogP contribution in [0.25, 0.3) is 0 Å². The first-order valence-electron chi connectivity index (χ1n) is 6.13. The molecule has 1 rings (SSSR count). The van der Waals surface area contributed by atoms with Crippen molar-refractivity contribution in [2.45, 2.75) is 45.6 Å². The Balaban J connectivity index is 2.11. The Bertz CT molecular complexity index is 295. The number of carbonyl (C=O) groups excluding carboxylic acids is 1. The monoisotopic (exact) mass is 219 g/mol. The maximum Gasteiger partial charge on any atom is 0.220 e. The van der Waals surface area contributed by atoms with Gasteiger partial charge in [0.2, 0.25) is 5.91 Å². The number of hydrogen-bond donors (Lipinski definition) is 1. The SMILES string of the molecule is CCCCCCC(=O)NCc1ccccc1. The van der Waals surface area contributed by atoms with Crippen LogP contribution >= 0.6 is 0 Å². The highest BCUT2D eigenvalue weighted by molar-refractivity contribution is 5.75. The summed E-state index contributed by atoms with van der Waals surface area (Å²) >= 11 is 0. The average molecular weight is 219 g/mol. The Labute approximate surface area is 98.1 Å². The predicted octanol–water partition coefficient (Wildman–Crippen LogP) is 3.27. The van der Waals surface area contributed by atoms with E-state index < -0.39 is 0 Å². The molecule has 0 aliphatic heterocycles. The van der Waals surface area contributed by atoms with E-state index in [1.165, 1.54) is 12.8 Å². The highest BCUT2D eigenvalue weighted by Gasteiger charge is 2.00. The zero-order chi connectivity index (χ0) is 11.6. The zero-order valence-corrected chi connectivity index (χ0v) is 10.0. The van der Waals surface area contributed by atoms with Crippen LogP contribution in [0.5, 0.6) is 0 Å². The molecule has 0 saturated heterocycles. The number of carbonyl (C=O) groups is 1. The first kappa shape index (κ1) is 12.8. The summed E-state index contributed by atoms with van der Waals surface area (Å²) in [7, 11) is 0. The number of rotatable bonds is 7. The van der Waals surface area contributed by atoms with Crippen molar-refractivity contribution in [1.82, 2.24) is 5.32 Å². The summed E-state index contributed by atoms with van der Waals surface area (Å²) in [5, 5.41) is 2.94. The van der Waals surface area contributed by atoms with Crippen LogP contribution in [0.3, 0.4) is 0 Å². The Morgan fingerprint density at radius 3 is 2.56 bits per heavy atom. The van der Waals surface area contributed by atoms with Crippen molar-refractivity contribution in [3.8, 4) is 0 Å². The smallest absolute Gasteiger partial charge is 0.220 e. The lowest BCUT2D eigenvalue weighted by Gasteiger charge is -2.04. The number of unbranched alkanes of at least 4 members (excludes halogenated alkanes) is 3. The van der Waals surface area contributed by atoms with E-state index in [9.17, 15) is 4.79 Å². The van der Waals surface area contributed by atoms with Crippen LogP contribution in [0.1, 0.15) is 44.6 Å². The summed E-state index contributed by atoms with van der Waals surface area (Å²) < 4.78 is 0. The molecule has 0 unspecified atom stereocenters. The van der Waals surface area contributed by atoms with Gasteiger partial charge in [0.15, 0.2) is 0 Å². The van der Waals surface area contributed by atoms with E-state index in [0.29, 0.717) is 13.0 Å². The molecule has 2 nitrogen and oxygen atoms in total. The highest BCUT2D eigenvalue weighted by atomic mass is 16.1. The molecule has 0 radical (unpaired) electrons. The van der Waals surface area contributed by atoms with Crippen LogP contribution in [0.4, 0.5) is 0 Å². The van der Waals surface area contributed by atoms with Crippen molar-refractivity contribution in [3.63, 3.8) is 0 Å². The van der Waals surface area contributed by atoms with E-state index in [0.717, 1.165) is 18.4 Å². The normalized spacial score (nSPS) is 10.1. The summed E-state index contributed by atoms with van der Waals surface area (Å²) in [6.07, 6.45) is 5.27. The summed E-state index contributed by atoms with van der Waals surface area (Å²) in [5.74, 6) is 0.167. The molecule has 0 fully saturated rings. The van der Waals surface area contributed by atoms with E-state index in [-0.39, 0.29) is 5.91 Å². The fourth-order valence-electron chi connectivity index (χ4n) is 1.60. The fourth-order valence-corrected chi connectivity index (χ4v) is 1.60. The van der Waals surface area contributed by atoms with Crippen LogP contribution < -0.4 is 5.32 Å². The summed E-state index contributed by atoms with van der Waals surface area (Å²) in [6, 6.07) is 10.0. The van der Waals surface area contributed by atoms with Crippen LogP contribution in [0.15, 0.2) is 30.3 Å². The third-order valence-electron chi connectivity index (χ3n) is 2.59. The lowest BCUT2D eigenvalue weighted by atomic mass is 10.1. The number of amides is 1. The van der Waals surface area contributed by atoms with E-state index >= 15 is 0 Å². The molecule has 2 heteroatoms. The Morgan fingerprint density at radius 2 is 1.88 bits per heavy atom. The molecule has 0 aromatic heterocycles. The van der Waals surface area contributed by atoms with Gasteiger partial charge in [-0.25, -0.2) is 0 Å². The Hall–Kier alpha value is -1.31. The molecule has 1 aromatic carbocycles. The van der Waals surface area contributed by atoms with Crippen molar-refractivity contribution in [2.75, 3.05) is 0 Å². The maximum atomic E-state index is 11.5. The minimum Gasteiger partial charge on any atom is -0.352 e. The van der Waals surface area contributed by atoms with E-state index in [2.05, 4.69) is 12.2 Å². The van der Waals surface area contributed by atoms with Gasteiger partial charge >= 0.3 is 0 Å². The maximum absolute atomic E-state index is 11.5. The Kier molecular flexibility index (Phi) is 6.31. The van der Waals surface area contributed by atoms with Crippen molar-refractivity contribution >= 4 is 5.91 Å². The van der Waals surface area contributed by atoms with Gasteiger partial charge in [-0.2, -0.15) is 0 Å². The second-order valence-electron chi connectivity index (χ2n) is 4.07. The molecule has 1 aromatic rings. The quantitative estimate of drug-likeness (QED) is 0.701. The van der Waals surface area contributed by atoms with Crippen molar-refractivity contribution in [1.29, 1.82) is 0 Å². The molecule has 0 aliphatic carbocycles. The minimum absolute atomic E-state index is 0.167. The average Bonchev–Trinajstić information content (AvgIpc) is 2.33. The van der Waals surface area contributed by atoms with Gasteiger partial charge in [-0.1, -0.05) is 56.5 Å². The number of hydrogen-bond acceptors (Lipinski definition) is 1.